The normalized spacial score (nSPS) is 10.7. The highest BCUT2D eigenvalue weighted by Crippen LogP contribution is 2.29. The van der Waals surface area contributed by atoms with Crippen LogP contribution < -0.4 is 20.3 Å². The van der Waals surface area contributed by atoms with Gasteiger partial charge in [-0.1, -0.05) is 17.7 Å². The van der Waals surface area contributed by atoms with Gasteiger partial charge in [0.1, 0.15) is 5.02 Å². The smallest absolute Gasteiger partial charge is 0.288 e. The van der Waals surface area contributed by atoms with Gasteiger partial charge in [-0.2, -0.15) is 0 Å². The van der Waals surface area contributed by atoms with Crippen LogP contribution in [0.25, 0.3) is 6.08 Å². The van der Waals surface area contributed by atoms with Crippen molar-refractivity contribution >= 4 is 35.2 Å². The Balaban J connectivity index is 1.99. The van der Waals surface area contributed by atoms with Crippen molar-refractivity contribution in [3.05, 3.63) is 68.7 Å². The number of nitrogens with zero attached hydrogens (tertiary/aromatic N) is 1. The number of nitrogens with one attached hydrogen (secondary N) is 2. The van der Waals surface area contributed by atoms with Crippen molar-refractivity contribution in [1.82, 2.24) is 10.9 Å². The van der Waals surface area contributed by atoms with E-state index in [4.69, 9.17) is 21.1 Å². The Morgan fingerprint density at radius 2 is 1.87 bits per heavy atom. The van der Waals surface area contributed by atoms with E-state index in [9.17, 15) is 19.7 Å². The van der Waals surface area contributed by atoms with Crippen LogP contribution in [0.1, 0.15) is 29.8 Å². The summed E-state index contributed by atoms with van der Waals surface area (Å²) in [6, 6.07) is 8.73. The van der Waals surface area contributed by atoms with E-state index < -0.39 is 16.7 Å². The van der Waals surface area contributed by atoms with Gasteiger partial charge < -0.3 is 9.47 Å². The summed E-state index contributed by atoms with van der Waals surface area (Å²) in [5.74, 6) is -0.319. The average molecular weight is 434 g/mol. The van der Waals surface area contributed by atoms with Crippen molar-refractivity contribution in [3.63, 3.8) is 0 Å². The lowest BCUT2D eigenvalue weighted by molar-refractivity contribution is -0.384. The maximum atomic E-state index is 12.2. The van der Waals surface area contributed by atoms with Gasteiger partial charge in [0.05, 0.1) is 18.1 Å². The Morgan fingerprint density at radius 3 is 2.50 bits per heavy atom. The van der Waals surface area contributed by atoms with Gasteiger partial charge in [0, 0.05) is 17.7 Å². The van der Waals surface area contributed by atoms with Gasteiger partial charge in [0.2, 0.25) is 0 Å². The van der Waals surface area contributed by atoms with Crippen LogP contribution in [0.15, 0.2) is 42.5 Å². The molecule has 2 amide bonds. The zero-order valence-corrected chi connectivity index (χ0v) is 17.2. The molecular weight excluding hydrogens is 414 g/mol. The summed E-state index contributed by atoms with van der Waals surface area (Å²) in [7, 11) is 1.46. The van der Waals surface area contributed by atoms with E-state index in [1.807, 2.05) is 13.8 Å². The second-order valence-electron chi connectivity index (χ2n) is 6.28. The molecule has 9 nitrogen and oxygen atoms in total. The Labute approximate surface area is 177 Å². The zero-order valence-electron chi connectivity index (χ0n) is 16.5. The Kier molecular flexibility index (Phi) is 7.76. The molecule has 0 aliphatic carbocycles. The molecule has 0 atom stereocenters. The minimum absolute atomic E-state index is 0.00546. The predicted octanol–water partition coefficient (Wildman–Crippen LogP) is 3.52. The van der Waals surface area contributed by atoms with Crippen molar-refractivity contribution in [3.8, 4) is 11.5 Å². The number of carbonyl (C=O) groups is 2. The number of halogens is 1. The molecule has 0 heterocycles. The molecule has 2 aromatic rings. The first-order chi connectivity index (χ1) is 14.2. The summed E-state index contributed by atoms with van der Waals surface area (Å²) in [6.45, 7) is 3.73. The number of amides is 2. The lowest BCUT2D eigenvalue weighted by Crippen LogP contribution is -2.40. The highest BCUT2D eigenvalue weighted by atomic mass is 35.5. The van der Waals surface area contributed by atoms with Crippen molar-refractivity contribution < 1.29 is 24.0 Å². The molecule has 30 heavy (non-hydrogen) atoms. The molecule has 2 rings (SSSR count). The number of hydrazine groups is 1. The summed E-state index contributed by atoms with van der Waals surface area (Å²) in [6.07, 6.45) is 2.41. The minimum atomic E-state index is -0.632. The summed E-state index contributed by atoms with van der Waals surface area (Å²) in [5, 5.41) is 10.9. The highest BCUT2D eigenvalue weighted by Gasteiger charge is 2.13. The summed E-state index contributed by atoms with van der Waals surface area (Å²) < 4.78 is 10.8. The molecule has 0 saturated carbocycles. The maximum absolute atomic E-state index is 12.2. The van der Waals surface area contributed by atoms with Crippen LogP contribution in [0.5, 0.6) is 11.5 Å². The molecule has 2 N–H and O–H groups in total. The van der Waals surface area contributed by atoms with Crippen LogP contribution in [0.4, 0.5) is 5.69 Å². The second kappa shape index (κ2) is 10.3. The Morgan fingerprint density at radius 1 is 1.13 bits per heavy atom. The number of nitro groups is 1. The molecule has 0 fully saturated rings. The molecule has 10 heteroatoms. The van der Waals surface area contributed by atoms with E-state index in [1.165, 1.54) is 43.5 Å². The number of benzene rings is 2. The van der Waals surface area contributed by atoms with Crippen molar-refractivity contribution in [2.24, 2.45) is 0 Å². The van der Waals surface area contributed by atoms with Gasteiger partial charge in [0.15, 0.2) is 11.5 Å². The van der Waals surface area contributed by atoms with Crippen LogP contribution in [0, 0.1) is 10.1 Å². The van der Waals surface area contributed by atoms with Gasteiger partial charge >= 0.3 is 0 Å². The third-order valence-corrected chi connectivity index (χ3v) is 4.00. The van der Waals surface area contributed by atoms with E-state index in [2.05, 4.69) is 10.9 Å². The fourth-order valence-electron chi connectivity index (χ4n) is 2.34. The number of ether oxygens (including phenoxy) is 2. The highest BCUT2D eigenvalue weighted by molar-refractivity contribution is 6.32. The van der Waals surface area contributed by atoms with Gasteiger partial charge in [-0.15, -0.1) is 0 Å². The minimum Gasteiger partial charge on any atom is -0.493 e. The average Bonchev–Trinajstić information content (AvgIpc) is 2.71. The van der Waals surface area contributed by atoms with Crippen LogP contribution in [0.3, 0.4) is 0 Å². The number of rotatable bonds is 7. The molecule has 0 bridgehead atoms. The first-order valence-corrected chi connectivity index (χ1v) is 9.16. The van der Waals surface area contributed by atoms with E-state index in [0.717, 1.165) is 6.08 Å². The molecule has 0 saturated heterocycles. The topological polar surface area (TPSA) is 120 Å². The monoisotopic (exact) mass is 433 g/mol. The van der Waals surface area contributed by atoms with E-state index >= 15 is 0 Å². The molecule has 0 spiro atoms. The van der Waals surface area contributed by atoms with Crippen LogP contribution in [0.2, 0.25) is 5.02 Å². The zero-order chi connectivity index (χ0) is 22.3. The number of nitro benzene ring substituents is 1. The standard InChI is InChI=1S/C20H20ClN3O6/c1-12(2)30-17-8-6-14(11-18(17)29-3)20(26)23-22-19(25)9-5-13-4-7-15(21)16(10-13)24(27)28/h4-12H,1-3H3,(H,22,25)(H,23,26)/b9-5+. The maximum Gasteiger partial charge on any atom is 0.288 e. The van der Waals surface area contributed by atoms with Gasteiger partial charge in [0.25, 0.3) is 17.5 Å². The summed E-state index contributed by atoms with van der Waals surface area (Å²) >= 11 is 5.74. The summed E-state index contributed by atoms with van der Waals surface area (Å²) in [5.41, 5.74) is 4.88. The quantitative estimate of drug-likeness (QED) is 0.391. The molecule has 158 valence electrons. The lowest BCUT2D eigenvalue weighted by Gasteiger charge is -2.14. The van der Waals surface area contributed by atoms with E-state index in [0.29, 0.717) is 17.1 Å². The SMILES string of the molecule is COc1cc(C(=O)NNC(=O)/C=C/c2ccc(Cl)c([N+](=O)[O-])c2)ccc1OC(C)C. The third-order valence-electron chi connectivity index (χ3n) is 3.68. The Hall–Kier alpha value is -3.59. The van der Waals surface area contributed by atoms with E-state index in [-0.39, 0.29) is 22.4 Å². The molecule has 0 unspecified atom stereocenters. The molecule has 0 radical (unpaired) electrons. The lowest BCUT2D eigenvalue weighted by atomic mass is 10.2. The molecule has 2 aromatic carbocycles. The van der Waals surface area contributed by atoms with Crippen LogP contribution in [-0.4, -0.2) is 30.0 Å². The number of methoxy groups -OCH3 is 1. The third kappa shape index (κ3) is 6.21. The van der Waals surface area contributed by atoms with Gasteiger partial charge in [-0.05, 0) is 49.8 Å². The summed E-state index contributed by atoms with van der Waals surface area (Å²) in [4.78, 5) is 34.4. The molecule has 0 aliphatic heterocycles. The molecule has 0 aromatic heterocycles. The largest absolute Gasteiger partial charge is 0.493 e. The van der Waals surface area contributed by atoms with Gasteiger partial charge in [-0.25, -0.2) is 0 Å². The number of carbonyl (C=O) groups excluding carboxylic acids is 2. The van der Waals surface area contributed by atoms with Crippen LogP contribution >= 0.6 is 11.6 Å². The fraction of sp³-hybridized carbons (Fsp3) is 0.200. The second-order valence-corrected chi connectivity index (χ2v) is 6.68. The van der Waals surface area contributed by atoms with Crippen molar-refractivity contribution in [2.45, 2.75) is 20.0 Å². The Bertz CT molecular complexity index is 991. The van der Waals surface area contributed by atoms with E-state index in [1.54, 1.807) is 6.07 Å². The first kappa shape index (κ1) is 22.7. The van der Waals surface area contributed by atoms with Gasteiger partial charge in [-0.3, -0.25) is 30.6 Å². The molecule has 0 aliphatic rings. The number of hydrogen-bond acceptors (Lipinski definition) is 6. The molecular formula is C20H20ClN3O6. The number of hydrogen-bond donors (Lipinski definition) is 2. The van der Waals surface area contributed by atoms with Crippen molar-refractivity contribution in [1.29, 1.82) is 0 Å². The van der Waals surface area contributed by atoms with Crippen LogP contribution in [-0.2, 0) is 4.79 Å². The van der Waals surface area contributed by atoms with Crippen molar-refractivity contribution in [2.75, 3.05) is 7.11 Å². The first-order valence-electron chi connectivity index (χ1n) is 8.78. The fourth-order valence-corrected chi connectivity index (χ4v) is 2.52. The predicted molar refractivity (Wildman–Crippen MR) is 112 cm³/mol.